The van der Waals surface area contributed by atoms with Gasteiger partial charge in [-0.3, -0.25) is 4.79 Å². The zero-order valence-corrected chi connectivity index (χ0v) is 14.2. The van der Waals surface area contributed by atoms with E-state index in [1.54, 1.807) is 7.11 Å². The Balaban J connectivity index is 1.62. The minimum absolute atomic E-state index is 0.0259. The quantitative estimate of drug-likeness (QED) is 0.712. The highest BCUT2D eigenvalue weighted by Crippen LogP contribution is 2.19. The zero-order valence-electron chi connectivity index (χ0n) is 14.2. The number of hydrogen-bond acceptors (Lipinski definition) is 2. The van der Waals surface area contributed by atoms with Crippen molar-refractivity contribution in [1.82, 2.24) is 0 Å². The molecular formula is C22H21NO2. The minimum Gasteiger partial charge on any atom is -0.380 e. The van der Waals surface area contributed by atoms with Gasteiger partial charge in [0.2, 0.25) is 5.91 Å². The van der Waals surface area contributed by atoms with Crippen molar-refractivity contribution in [2.75, 3.05) is 12.4 Å². The normalized spacial score (nSPS) is 10.4. The second-order valence-corrected chi connectivity index (χ2v) is 5.92. The Kier molecular flexibility index (Phi) is 5.60. The average molecular weight is 331 g/mol. The van der Waals surface area contributed by atoms with Crippen LogP contribution in [0.4, 0.5) is 5.69 Å². The van der Waals surface area contributed by atoms with Crippen molar-refractivity contribution >= 4 is 11.6 Å². The maximum atomic E-state index is 12.3. The number of rotatable bonds is 6. The monoisotopic (exact) mass is 331 g/mol. The van der Waals surface area contributed by atoms with Crippen molar-refractivity contribution in [3.05, 3.63) is 90.0 Å². The molecular weight excluding hydrogens is 310 g/mol. The van der Waals surface area contributed by atoms with Crippen LogP contribution in [0.1, 0.15) is 11.1 Å². The number of amides is 1. The molecule has 3 aromatic carbocycles. The van der Waals surface area contributed by atoms with E-state index < -0.39 is 0 Å². The van der Waals surface area contributed by atoms with Gasteiger partial charge in [0.15, 0.2) is 0 Å². The van der Waals surface area contributed by atoms with Crippen molar-refractivity contribution in [1.29, 1.82) is 0 Å². The molecule has 0 aromatic heterocycles. The summed E-state index contributed by atoms with van der Waals surface area (Å²) in [7, 11) is 1.66. The van der Waals surface area contributed by atoms with E-state index in [0.717, 1.165) is 22.4 Å². The smallest absolute Gasteiger partial charge is 0.228 e. The molecule has 1 amide bonds. The highest BCUT2D eigenvalue weighted by atomic mass is 16.5. The molecule has 126 valence electrons. The van der Waals surface area contributed by atoms with Crippen LogP contribution < -0.4 is 5.32 Å². The van der Waals surface area contributed by atoms with Crippen molar-refractivity contribution in [2.24, 2.45) is 0 Å². The standard InChI is InChI=1S/C22H21NO2/c1-25-16-18-6-5-9-21(14-18)23-22(24)15-17-10-12-20(13-11-17)19-7-3-2-4-8-19/h2-14H,15-16H2,1H3,(H,23,24). The molecule has 0 atom stereocenters. The molecule has 0 bridgehead atoms. The predicted molar refractivity (Wildman–Crippen MR) is 101 cm³/mol. The number of benzene rings is 3. The van der Waals surface area contributed by atoms with Crippen LogP contribution in [-0.4, -0.2) is 13.0 Å². The van der Waals surface area contributed by atoms with Gasteiger partial charge in [-0.2, -0.15) is 0 Å². The van der Waals surface area contributed by atoms with E-state index in [0.29, 0.717) is 13.0 Å². The summed E-state index contributed by atoms with van der Waals surface area (Å²) >= 11 is 0. The van der Waals surface area contributed by atoms with Crippen molar-refractivity contribution < 1.29 is 9.53 Å². The second-order valence-electron chi connectivity index (χ2n) is 5.92. The Hall–Kier alpha value is -2.91. The first-order chi connectivity index (χ1) is 12.2. The molecule has 0 spiro atoms. The maximum absolute atomic E-state index is 12.3. The average Bonchev–Trinajstić information content (AvgIpc) is 2.63. The molecule has 1 N–H and O–H groups in total. The van der Waals surface area contributed by atoms with Crippen LogP contribution in [0.15, 0.2) is 78.9 Å². The molecule has 3 aromatic rings. The van der Waals surface area contributed by atoms with E-state index in [1.165, 1.54) is 5.56 Å². The van der Waals surface area contributed by atoms with E-state index >= 15 is 0 Å². The van der Waals surface area contributed by atoms with Crippen molar-refractivity contribution in [2.45, 2.75) is 13.0 Å². The molecule has 3 rings (SSSR count). The maximum Gasteiger partial charge on any atom is 0.228 e. The van der Waals surface area contributed by atoms with Gasteiger partial charge in [-0.1, -0.05) is 66.7 Å². The van der Waals surface area contributed by atoms with Crippen LogP contribution in [-0.2, 0) is 22.6 Å². The van der Waals surface area contributed by atoms with Crippen LogP contribution in [0.5, 0.6) is 0 Å². The second kappa shape index (κ2) is 8.27. The number of carbonyl (C=O) groups is 1. The molecule has 25 heavy (non-hydrogen) atoms. The van der Waals surface area contributed by atoms with E-state index in [1.807, 2.05) is 54.6 Å². The van der Waals surface area contributed by atoms with Gasteiger partial charge in [-0.05, 0) is 34.4 Å². The molecule has 0 saturated carbocycles. The van der Waals surface area contributed by atoms with Gasteiger partial charge in [0, 0.05) is 12.8 Å². The van der Waals surface area contributed by atoms with Gasteiger partial charge in [0.05, 0.1) is 13.0 Å². The van der Waals surface area contributed by atoms with E-state index in [4.69, 9.17) is 4.74 Å². The number of methoxy groups -OCH3 is 1. The van der Waals surface area contributed by atoms with Crippen molar-refractivity contribution in [3.63, 3.8) is 0 Å². The van der Waals surface area contributed by atoms with Crippen LogP contribution in [0.2, 0.25) is 0 Å². The van der Waals surface area contributed by atoms with Gasteiger partial charge in [-0.15, -0.1) is 0 Å². The number of ether oxygens (including phenoxy) is 1. The highest BCUT2D eigenvalue weighted by molar-refractivity contribution is 5.92. The molecule has 0 heterocycles. The van der Waals surface area contributed by atoms with Crippen LogP contribution in [0, 0.1) is 0 Å². The number of carbonyl (C=O) groups excluding carboxylic acids is 1. The summed E-state index contributed by atoms with van der Waals surface area (Å²) in [5.74, 6) is -0.0259. The third-order valence-corrected chi connectivity index (χ3v) is 3.95. The van der Waals surface area contributed by atoms with Crippen LogP contribution in [0.25, 0.3) is 11.1 Å². The predicted octanol–water partition coefficient (Wildman–Crippen LogP) is 4.68. The molecule has 3 nitrogen and oxygen atoms in total. The first-order valence-electron chi connectivity index (χ1n) is 8.27. The summed E-state index contributed by atoms with van der Waals surface area (Å²) in [6.07, 6.45) is 0.351. The fourth-order valence-electron chi connectivity index (χ4n) is 2.74. The lowest BCUT2D eigenvalue weighted by atomic mass is 10.0. The Labute approximate surface area is 148 Å². The molecule has 0 radical (unpaired) electrons. The van der Waals surface area contributed by atoms with E-state index in [9.17, 15) is 4.79 Å². The molecule has 0 aliphatic rings. The minimum atomic E-state index is -0.0259. The zero-order chi connectivity index (χ0) is 17.5. The van der Waals surface area contributed by atoms with Gasteiger partial charge in [0.1, 0.15) is 0 Å². The Morgan fingerprint density at radius 1 is 0.840 bits per heavy atom. The van der Waals surface area contributed by atoms with Gasteiger partial charge >= 0.3 is 0 Å². The lowest BCUT2D eigenvalue weighted by Gasteiger charge is -2.08. The molecule has 3 heteroatoms. The summed E-state index contributed by atoms with van der Waals surface area (Å²) in [6.45, 7) is 0.532. The van der Waals surface area contributed by atoms with Crippen LogP contribution >= 0.6 is 0 Å². The summed E-state index contributed by atoms with van der Waals surface area (Å²) in [5.41, 5.74) is 5.14. The number of hydrogen-bond donors (Lipinski definition) is 1. The molecule has 0 aliphatic heterocycles. The highest BCUT2D eigenvalue weighted by Gasteiger charge is 2.05. The summed E-state index contributed by atoms with van der Waals surface area (Å²) in [4.78, 5) is 12.3. The summed E-state index contributed by atoms with van der Waals surface area (Å²) < 4.78 is 5.12. The van der Waals surface area contributed by atoms with Gasteiger partial charge < -0.3 is 10.1 Å². The molecule has 0 aliphatic carbocycles. The fourth-order valence-corrected chi connectivity index (χ4v) is 2.74. The molecule has 0 fully saturated rings. The van der Waals surface area contributed by atoms with Gasteiger partial charge in [-0.25, -0.2) is 0 Å². The van der Waals surface area contributed by atoms with Crippen LogP contribution in [0.3, 0.4) is 0 Å². The Bertz CT molecular complexity index is 826. The number of nitrogens with one attached hydrogen (secondary N) is 1. The molecule has 0 unspecified atom stereocenters. The van der Waals surface area contributed by atoms with E-state index in [2.05, 4.69) is 29.6 Å². The first kappa shape index (κ1) is 16.9. The summed E-state index contributed by atoms with van der Waals surface area (Å²) in [5, 5.41) is 2.94. The largest absolute Gasteiger partial charge is 0.380 e. The third-order valence-electron chi connectivity index (χ3n) is 3.95. The lowest BCUT2D eigenvalue weighted by molar-refractivity contribution is -0.115. The topological polar surface area (TPSA) is 38.3 Å². The fraction of sp³-hybridized carbons (Fsp3) is 0.136. The third kappa shape index (κ3) is 4.78. The SMILES string of the molecule is COCc1cccc(NC(=O)Cc2ccc(-c3ccccc3)cc2)c1. The first-order valence-corrected chi connectivity index (χ1v) is 8.27. The van der Waals surface area contributed by atoms with E-state index in [-0.39, 0.29) is 5.91 Å². The summed E-state index contributed by atoms with van der Waals surface area (Å²) in [6, 6.07) is 26.0. The Morgan fingerprint density at radius 3 is 2.28 bits per heavy atom. The van der Waals surface area contributed by atoms with Gasteiger partial charge in [0.25, 0.3) is 0 Å². The molecule has 0 saturated heterocycles. The van der Waals surface area contributed by atoms with Crippen molar-refractivity contribution in [3.8, 4) is 11.1 Å². The number of anilines is 1. The lowest BCUT2D eigenvalue weighted by Crippen LogP contribution is -2.14. The Morgan fingerprint density at radius 2 is 1.56 bits per heavy atom.